The molecule has 3 aromatic rings. The average molecular weight is 273 g/mol. The number of anilines is 1. The molecule has 0 aliphatic rings. The number of hydrogen-bond acceptors (Lipinski definition) is 3. The number of rotatable bonds is 3. The number of nitrogens with one attached hydrogen (secondary N) is 2. The Morgan fingerprint density at radius 3 is 3.10 bits per heavy atom. The molecule has 0 aliphatic carbocycles. The number of nitrogens with zero attached hydrogens (tertiary/aromatic N) is 3. The van der Waals surface area contributed by atoms with Gasteiger partial charge < -0.3 is 10.3 Å². The van der Waals surface area contributed by atoms with Gasteiger partial charge >= 0.3 is 0 Å². The van der Waals surface area contributed by atoms with Crippen molar-refractivity contribution < 1.29 is 9.18 Å². The van der Waals surface area contributed by atoms with Crippen LogP contribution in [0, 0.1) is 5.82 Å². The number of fused-ring (bicyclic) bond motifs is 1. The van der Waals surface area contributed by atoms with Crippen molar-refractivity contribution in [2.24, 2.45) is 0 Å². The second-order valence-corrected chi connectivity index (χ2v) is 4.23. The first-order valence-corrected chi connectivity index (χ1v) is 6.16. The predicted molar refractivity (Wildman–Crippen MR) is 71.9 cm³/mol. The first kappa shape index (κ1) is 12.3. The third-order valence-corrected chi connectivity index (χ3v) is 2.92. The van der Waals surface area contributed by atoms with Crippen LogP contribution in [0.4, 0.5) is 10.2 Å². The lowest BCUT2D eigenvalue weighted by Gasteiger charge is -2.04. The van der Waals surface area contributed by atoms with E-state index in [2.05, 4.69) is 20.4 Å². The molecule has 0 bridgehead atoms. The summed E-state index contributed by atoms with van der Waals surface area (Å²) < 4.78 is 14.7. The van der Waals surface area contributed by atoms with Gasteiger partial charge in [0, 0.05) is 12.6 Å². The van der Waals surface area contributed by atoms with Gasteiger partial charge in [-0.05, 0) is 25.1 Å². The number of carbonyl (C=O) groups excluding carboxylic acids is 1. The van der Waals surface area contributed by atoms with Gasteiger partial charge in [-0.1, -0.05) is 0 Å². The molecular formula is C13H12FN5O. The number of aromatic nitrogens is 4. The summed E-state index contributed by atoms with van der Waals surface area (Å²) in [6.45, 7) is 2.57. The summed E-state index contributed by atoms with van der Waals surface area (Å²) in [5, 5.41) is 6.76. The minimum atomic E-state index is -0.392. The quantitative estimate of drug-likeness (QED) is 0.768. The second-order valence-electron chi connectivity index (χ2n) is 4.23. The molecule has 2 N–H and O–H groups in total. The zero-order valence-electron chi connectivity index (χ0n) is 10.7. The minimum absolute atomic E-state index is 0.134. The summed E-state index contributed by atoms with van der Waals surface area (Å²) in [7, 11) is 0. The van der Waals surface area contributed by atoms with Gasteiger partial charge in [-0.15, -0.1) is 0 Å². The van der Waals surface area contributed by atoms with Gasteiger partial charge in [0.15, 0.2) is 5.82 Å². The topological polar surface area (TPSA) is 75.6 Å². The van der Waals surface area contributed by atoms with Crippen LogP contribution in [0.5, 0.6) is 0 Å². The van der Waals surface area contributed by atoms with E-state index in [9.17, 15) is 9.18 Å². The van der Waals surface area contributed by atoms with E-state index in [1.807, 2.05) is 6.92 Å². The fourth-order valence-corrected chi connectivity index (χ4v) is 1.96. The maximum Gasteiger partial charge on any atom is 0.292 e. The monoisotopic (exact) mass is 273 g/mol. The van der Waals surface area contributed by atoms with Crippen LogP contribution in [0.2, 0.25) is 0 Å². The second kappa shape index (κ2) is 4.76. The molecule has 0 aliphatic heterocycles. The smallest absolute Gasteiger partial charge is 0.292 e. The first-order valence-electron chi connectivity index (χ1n) is 6.16. The van der Waals surface area contributed by atoms with Gasteiger partial charge in [-0.2, -0.15) is 5.10 Å². The molecule has 2 aromatic heterocycles. The number of aryl methyl sites for hydroxylation is 1. The number of hydrogen-bond donors (Lipinski definition) is 2. The van der Waals surface area contributed by atoms with Gasteiger partial charge in [0.05, 0.1) is 17.2 Å². The van der Waals surface area contributed by atoms with Crippen molar-refractivity contribution in [2.75, 3.05) is 5.32 Å². The van der Waals surface area contributed by atoms with Crippen molar-refractivity contribution in [3.05, 3.63) is 42.1 Å². The van der Waals surface area contributed by atoms with Crippen LogP contribution in [0.25, 0.3) is 11.0 Å². The van der Waals surface area contributed by atoms with Gasteiger partial charge in [-0.25, -0.2) is 14.1 Å². The third-order valence-electron chi connectivity index (χ3n) is 2.92. The van der Waals surface area contributed by atoms with Crippen LogP contribution in [-0.4, -0.2) is 25.7 Å². The molecule has 0 saturated carbocycles. The summed E-state index contributed by atoms with van der Waals surface area (Å²) in [5.41, 5.74) is 1.03. The lowest BCUT2D eigenvalue weighted by Crippen LogP contribution is -2.16. The van der Waals surface area contributed by atoms with E-state index in [4.69, 9.17) is 0 Å². The van der Waals surface area contributed by atoms with E-state index in [0.29, 0.717) is 23.4 Å². The normalized spacial score (nSPS) is 10.9. The summed E-state index contributed by atoms with van der Waals surface area (Å²) in [6, 6.07) is 5.82. The van der Waals surface area contributed by atoms with Crippen molar-refractivity contribution in [3.63, 3.8) is 0 Å². The van der Waals surface area contributed by atoms with Gasteiger partial charge in [0.2, 0.25) is 0 Å². The van der Waals surface area contributed by atoms with E-state index in [-0.39, 0.29) is 11.6 Å². The van der Waals surface area contributed by atoms with Gasteiger partial charge in [0.25, 0.3) is 5.91 Å². The van der Waals surface area contributed by atoms with Crippen molar-refractivity contribution in [3.8, 4) is 0 Å². The molecular weight excluding hydrogens is 261 g/mol. The van der Waals surface area contributed by atoms with Crippen molar-refractivity contribution in [1.29, 1.82) is 0 Å². The van der Waals surface area contributed by atoms with Crippen molar-refractivity contribution >= 4 is 22.8 Å². The van der Waals surface area contributed by atoms with Gasteiger partial charge in [0.1, 0.15) is 11.6 Å². The zero-order valence-corrected chi connectivity index (χ0v) is 10.7. The number of halogens is 1. The molecule has 0 spiro atoms. The molecule has 0 atom stereocenters. The maximum absolute atomic E-state index is 13.1. The van der Waals surface area contributed by atoms with Crippen LogP contribution in [0.3, 0.4) is 0 Å². The van der Waals surface area contributed by atoms with Crippen LogP contribution in [-0.2, 0) is 6.54 Å². The number of carbonyl (C=O) groups is 1. The fraction of sp³-hybridized carbons (Fsp3) is 0.154. The third kappa shape index (κ3) is 2.13. The minimum Gasteiger partial charge on any atom is -0.334 e. The highest BCUT2D eigenvalue weighted by Crippen LogP contribution is 2.14. The molecule has 0 radical (unpaired) electrons. The Kier molecular flexibility index (Phi) is 2.94. The number of imidazole rings is 1. The molecule has 0 fully saturated rings. The van der Waals surface area contributed by atoms with Crippen LogP contribution in [0.15, 0.2) is 30.5 Å². The lowest BCUT2D eigenvalue weighted by atomic mass is 10.3. The first-order chi connectivity index (χ1) is 9.67. The standard InChI is InChI=1S/C13H12FN5O/c1-2-19-11(5-6-15-19)18-13(20)12-16-9-4-3-8(14)7-10(9)17-12/h3-7H,2H2,1H3,(H,16,17)(H,18,20). The lowest BCUT2D eigenvalue weighted by molar-refractivity contribution is 0.101. The molecule has 20 heavy (non-hydrogen) atoms. The molecule has 7 heteroatoms. The summed E-state index contributed by atoms with van der Waals surface area (Å²) >= 11 is 0. The van der Waals surface area contributed by atoms with E-state index >= 15 is 0 Å². The zero-order chi connectivity index (χ0) is 14.1. The molecule has 102 valence electrons. The van der Waals surface area contributed by atoms with Gasteiger partial charge in [-0.3, -0.25) is 4.79 Å². The number of H-pyrrole nitrogens is 1. The molecule has 3 rings (SSSR count). The summed E-state index contributed by atoms with van der Waals surface area (Å²) in [6.07, 6.45) is 1.60. The number of aromatic amines is 1. The predicted octanol–water partition coefficient (Wildman–Crippen LogP) is 2.17. The van der Waals surface area contributed by atoms with Crippen LogP contribution < -0.4 is 5.32 Å². The maximum atomic E-state index is 13.1. The Hall–Kier alpha value is -2.70. The molecule has 2 heterocycles. The SMILES string of the molecule is CCn1nccc1NC(=O)c1nc2ccc(F)cc2[nH]1. The molecule has 1 aromatic carbocycles. The van der Waals surface area contributed by atoms with Crippen molar-refractivity contribution in [1.82, 2.24) is 19.7 Å². The van der Waals surface area contributed by atoms with E-state index in [1.54, 1.807) is 16.9 Å². The molecule has 0 saturated heterocycles. The highest BCUT2D eigenvalue weighted by molar-refractivity contribution is 6.02. The largest absolute Gasteiger partial charge is 0.334 e. The number of benzene rings is 1. The van der Waals surface area contributed by atoms with E-state index in [1.165, 1.54) is 18.2 Å². The fourth-order valence-electron chi connectivity index (χ4n) is 1.96. The Balaban J connectivity index is 1.89. The van der Waals surface area contributed by atoms with E-state index in [0.717, 1.165) is 0 Å². The highest BCUT2D eigenvalue weighted by Gasteiger charge is 2.13. The Bertz CT molecular complexity index is 776. The highest BCUT2D eigenvalue weighted by atomic mass is 19.1. The number of amides is 1. The molecule has 1 amide bonds. The summed E-state index contributed by atoms with van der Waals surface area (Å²) in [4.78, 5) is 19.0. The van der Waals surface area contributed by atoms with Crippen LogP contribution >= 0.6 is 0 Å². The molecule has 0 unspecified atom stereocenters. The Labute approximate surface area is 113 Å². The van der Waals surface area contributed by atoms with Crippen molar-refractivity contribution in [2.45, 2.75) is 13.5 Å². The Morgan fingerprint density at radius 1 is 1.45 bits per heavy atom. The average Bonchev–Trinajstić information content (AvgIpc) is 3.04. The van der Waals surface area contributed by atoms with E-state index < -0.39 is 5.91 Å². The summed E-state index contributed by atoms with van der Waals surface area (Å²) in [5.74, 6) is -0.0486. The van der Waals surface area contributed by atoms with Crippen LogP contribution in [0.1, 0.15) is 17.5 Å². The Morgan fingerprint density at radius 2 is 2.30 bits per heavy atom. The molecule has 6 nitrogen and oxygen atoms in total.